The second kappa shape index (κ2) is 12.6. The van der Waals surface area contributed by atoms with E-state index in [1.165, 1.54) is 11.5 Å². The van der Waals surface area contributed by atoms with Gasteiger partial charge >= 0.3 is 0 Å². The summed E-state index contributed by atoms with van der Waals surface area (Å²) in [5.41, 5.74) is 0.610. The number of aliphatic imine (C=N–C) groups is 1. The molecule has 170 valence electrons. The van der Waals surface area contributed by atoms with Gasteiger partial charge in [-0.05, 0) is 24.3 Å². The summed E-state index contributed by atoms with van der Waals surface area (Å²) in [6.07, 6.45) is 0.863. The zero-order chi connectivity index (χ0) is 21.3. The van der Waals surface area contributed by atoms with Gasteiger partial charge in [0.25, 0.3) is 5.91 Å². The van der Waals surface area contributed by atoms with Crippen molar-refractivity contribution in [3.63, 3.8) is 0 Å². The van der Waals surface area contributed by atoms with Crippen LogP contribution in [0.1, 0.15) is 23.1 Å². The summed E-state index contributed by atoms with van der Waals surface area (Å²) in [7, 11) is 3.38. The topological polar surface area (TPSA) is 95.0 Å². The molecule has 0 bridgehead atoms. The van der Waals surface area contributed by atoms with Crippen molar-refractivity contribution in [3.8, 4) is 5.75 Å². The number of hydrogen-bond donors (Lipinski definition) is 2. The smallest absolute Gasteiger partial charge is 0.251 e. The summed E-state index contributed by atoms with van der Waals surface area (Å²) in [4.78, 5) is 25.7. The highest BCUT2D eigenvalue weighted by Crippen LogP contribution is 2.19. The van der Waals surface area contributed by atoms with Crippen LogP contribution < -0.4 is 20.3 Å². The molecule has 1 aromatic heterocycles. The van der Waals surface area contributed by atoms with Gasteiger partial charge in [0.2, 0.25) is 5.13 Å². The third-order valence-electron chi connectivity index (χ3n) is 4.88. The Kier molecular flexibility index (Phi) is 10.2. The predicted molar refractivity (Wildman–Crippen MR) is 135 cm³/mol. The molecule has 0 unspecified atom stereocenters. The van der Waals surface area contributed by atoms with Gasteiger partial charge in [-0.3, -0.25) is 9.79 Å². The van der Waals surface area contributed by atoms with Gasteiger partial charge in [-0.1, -0.05) is 6.92 Å². The molecule has 2 heterocycles. The quantitative estimate of drug-likeness (QED) is 0.232. The lowest BCUT2D eigenvalue weighted by molar-refractivity contribution is 0.0954. The second-order valence-corrected chi connectivity index (χ2v) is 7.51. The minimum Gasteiger partial charge on any atom is -0.497 e. The molecule has 0 radical (unpaired) electrons. The third-order valence-corrected chi connectivity index (χ3v) is 5.70. The summed E-state index contributed by atoms with van der Waals surface area (Å²) >= 11 is 1.47. The number of carbonyl (C=O) groups excluding carboxylic acids is 1. The Hall–Kier alpha value is -2.15. The van der Waals surface area contributed by atoms with Crippen LogP contribution in [0, 0.1) is 0 Å². The monoisotopic (exact) mass is 559 g/mol. The van der Waals surface area contributed by atoms with Crippen LogP contribution in [0.15, 0.2) is 29.3 Å². The van der Waals surface area contributed by atoms with Crippen LogP contribution in [0.4, 0.5) is 5.13 Å². The number of ether oxygens (including phenoxy) is 1. The van der Waals surface area contributed by atoms with Crippen molar-refractivity contribution in [2.24, 2.45) is 4.99 Å². The molecule has 9 nitrogen and oxygen atoms in total. The SMILES string of the molecule is CCc1nsc(N2CCN(C(=NC)NCCNC(=O)c3ccc(OC)cc3)CC2)n1.I. The molecule has 1 aromatic carbocycles. The number of rotatable bonds is 7. The highest BCUT2D eigenvalue weighted by atomic mass is 127. The number of methoxy groups -OCH3 is 1. The van der Waals surface area contributed by atoms with E-state index in [1.807, 2.05) is 0 Å². The van der Waals surface area contributed by atoms with E-state index in [0.717, 1.165) is 55.3 Å². The van der Waals surface area contributed by atoms with Crippen molar-refractivity contribution < 1.29 is 9.53 Å². The highest BCUT2D eigenvalue weighted by Gasteiger charge is 2.21. The Morgan fingerprint density at radius 3 is 2.42 bits per heavy atom. The molecule has 0 saturated carbocycles. The lowest BCUT2D eigenvalue weighted by Gasteiger charge is -2.36. The van der Waals surface area contributed by atoms with Gasteiger partial charge in [0.15, 0.2) is 5.96 Å². The molecule has 2 aromatic rings. The van der Waals surface area contributed by atoms with E-state index >= 15 is 0 Å². The summed E-state index contributed by atoms with van der Waals surface area (Å²) in [5, 5.41) is 7.24. The van der Waals surface area contributed by atoms with Gasteiger partial charge in [0, 0.05) is 69.8 Å². The number of halogens is 1. The molecule has 0 atom stereocenters. The first-order valence-corrected chi connectivity index (χ1v) is 10.9. The number of aromatic nitrogens is 2. The minimum absolute atomic E-state index is 0. The van der Waals surface area contributed by atoms with E-state index in [9.17, 15) is 4.79 Å². The van der Waals surface area contributed by atoms with E-state index in [1.54, 1.807) is 38.4 Å². The standard InChI is InChI=1S/C20H29N7O2S.HI/c1-4-17-24-20(30-25-17)27-13-11-26(12-14-27)19(21-2)23-10-9-22-18(28)15-5-7-16(29-3)8-6-15;/h5-8H,4,9-14H2,1-3H3,(H,21,23)(H,22,28);1H. The Bertz CT molecular complexity index is 851. The van der Waals surface area contributed by atoms with Crippen LogP contribution in [-0.2, 0) is 6.42 Å². The average molecular weight is 559 g/mol. The van der Waals surface area contributed by atoms with Gasteiger partial charge in [-0.25, -0.2) is 4.98 Å². The van der Waals surface area contributed by atoms with Gasteiger partial charge in [-0.2, -0.15) is 4.37 Å². The number of piperazine rings is 1. The molecule has 1 fully saturated rings. The van der Waals surface area contributed by atoms with Crippen molar-refractivity contribution in [1.29, 1.82) is 0 Å². The molecule has 31 heavy (non-hydrogen) atoms. The molecule has 11 heteroatoms. The number of anilines is 1. The van der Waals surface area contributed by atoms with E-state index in [-0.39, 0.29) is 29.9 Å². The molecular weight excluding hydrogens is 529 g/mol. The van der Waals surface area contributed by atoms with Gasteiger partial charge < -0.3 is 25.2 Å². The van der Waals surface area contributed by atoms with Crippen molar-refractivity contribution in [1.82, 2.24) is 24.9 Å². The normalized spacial score (nSPS) is 14.1. The van der Waals surface area contributed by atoms with Crippen LogP contribution in [0.2, 0.25) is 0 Å². The lowest BCUT2D eigenvalue weighted by atomic mass is 10.2. The van der Waals surface area contributed by atoms with Crippen molar-refractivity contribution in [2.45, 2.75) is 13.3 Å². The number of hydrogen-bond acceptors (Lipinski definition) is 7. The number of benzene rings is 1. The van der Waals surface area contributed by atoms with Gasteiger partial charge in [0.1, 0.15) is 11.6 Å². The first-order chi connectivity index (χ1) is 14.6. The zero-order valence-corrected chi connectivity index (χ0v) is 21.3. The number of guanidine groups is 1. The minimum atomic E-state index is -0.105. The fourth-order valence-electron chi connectivity index (χ4n) is 3.15. The highest BCUT2D eigenvalue weighted by molar-refractivity contribution is 14.0. The number of nitrogens with one attached hydrogen (secondary N) is 2. The third kappa shape index (κ3) is 6.92. The maximum atomic E-state index is 12.2. The Morgan fingerprint density at radius 2 is 1.84 bits per heavy atom. The second-order valence-electron chi connectivity index (χ2n) is 6.78. The molecule has 1 amide bonds. The molecular formula is C20H30IN7O2S. The maximum Gasteiger partial charge on any atom is 0.251 e. The number of carbonyl (C=O) groups is 1. The van der Waals surface area contributed by atoms with E-state index in [0.29, 0.717) is 18.7 Å². The van der Waals surface area contributed by atoms with E-state index in [2.05, 4.69) is 41.7 Å². The van der Waals surface area contributed by atoms with Crippen molar-refractivity contribution in [2.75, 3.05) is 58.3 Å². The van der Waals surface area contributed by atoms with Crippen LogP contribution in [-0.4, -0.2) is 79.6 Å². The van der Waals surface area contributed by atoms with E-state index < -0.39 is 0 Å². The maximum absolute atomic E-state index is 12.2. The Morgan fingerprint density at radius 1 is 1.16 bits per heavy atom. The summed E-state index contributed by atoms with van der Waals surface area (Å²) in [5.74, 6) is 2.38. The fourth-order valence-corrected chi connectivity index (χ4v) is 3.95. The molecule has 1 aliphatic rings. The van der Waals surface area contributed by atoms with Crippen LogP contribution >= 0.6 is 35.5 Å². The van der Waals surface area contributed by atoms with Gasteiger partial charge in [0.05, 0.1) is 7.11 Å². The van der Waals surface area contributed by atoms with Gasteiger partial charge in [-0.15, -0.1) is 24.0 Å². The first-order valence-electron chi connectivity index (χ1n) is 10.1. The summed E-state index contributed by atoms with van der Waals surface area (Å²) in [6.45, 7) is 6.66. The van der Waals surface area contributed by atoms with Crippen LogP contribution in [0.25, 0.3) is 0 Å². The predicted octanol–water partition coefficient (Wildman–Crippen LogP) is 1.85. The van der Waals surface area contributed by atoms with Crippen molar-refractivity contribution in [3.05, 3.63) is 35.7 Å². The molecule has 1 aliphatic heterocycles. The Labute approximate surface area is 204 Å². The lowest BCUT2D eigenvalue weighted by Crippen LogP contribution is -2.53. The fraction of sp³-hybridized carbons (Fsp3) is 0.500. The number of aryl methyl sites for hydroxylation is 1. The first kappa shape index (κ1) is 25.1. The Balaban J connectivity index is 0.00000341. The number of amides is 1. The largest absolute Gasteiger partial charge is 0.497 e. The average Bonchev–Trinajstić information content (AvgIpc) is 3.28. The molecule has 0 aliphatic carbocycles. The van der Waals surface area contributed by atoms with E-state index in [4.69, 9.17) is 4.74 Å². The van der Waals surface area contributed by atoms with Crippen LogP contribution in [0.3, 0.4) is 0 Å². The van der Waals surface area contributed by atoms with Crippen molar-refractivity contribution >= 4 is 52.5 Å². The molecule has 1 saturated heterocycles. The molecule has 2 N–H and O–H groups in total. The zero-order valence-electron chi connectivity index (χ0n) is 18.1. The van der Waals surface area contributed by atoms with Crippen LogP contribution in [0.5, 0.6) is 5.75 Å². The molecule has 3 rings (SSSR count). The summed E-state index contributed by atoms with van der Waals surface area (Å²) in [6, 6.07) is 7.06. The number of nitrogens with zero attached hydrogens (tertiary/aromatic N) is 5. The summed E-state index contributed by atoms with van der Waals surface area (Å²) < 4.78 is 9.49. The molecule has 0 spiro atoms.